The average molecular weight is 356 g/mol. The topological polar surface area (TPSA) is 47.9 Å². The Hall–Kier alpha value is -2.27. The van der Waals surface area contributed by atoms with Gasteiger partial charge in [0.05, 0.1) is 22.8 Å². The third-order valence-electron chi connectivity index (χ3n) is 3.20. The van der Waals surface area contributed by atoms with Crippen molar-refractivity contribution >= 4 is 39.0 Å². The summed E-state index contributed by atoms with van der Waals surface area (Å²) in [6.45, 7) is 1.94. The van der Waals surface area contributed by atoms with Gasteiger partial charge in [-0.05, 0) is 59.3 Å². The Morgan fingerprint density at radius 1 is 1.09 bits per heavy atom. The zero-order valence-corrected chi connectivity index (χ0v) is 13.8. The number of methoxy groups -OCH3 is 1. The molecular formula is C17H14BrN3O. The van der Waals surface area contributed by atoms with Crippen LogP contribution in [0.2, 0.25) is 0 Å². The second-order valence-electron chi connectivity index (χ2n) is 4.81. The number of benzene rings is 1. The molecule has 0 aliphatic rings. The molecule has 0 saturated heterocycles. The van der Waals surface area contributed by atoms with Gasteiger partial charge in [-0.2, -0.15) is 0 Å². The van der Waals surface area contributed by atoms with E-state index in [1.165, 1.54) is 0 Å². The molecule has 0 N–H and O–H groups in total. The molecule has 3 aromatic rings. The molecule has 2 aromatic heterocycles. The van der Waals surface area contributed by atoms with E-state index in [4.69, 9.17) is 4.74 Å². The molecule has 0 unspecified atom stereocenters. The minimum Gasteiger partial charge on any atom is -0.496 e. The van der Waals surface area contributed by atoms with Gasteiger partial charge in [0.1, 0.15) is 5.75 Å². The number of halogens is 1. The molecule has 0 radical (unpaired) electrons. The van der Waals surface area contributed by atoms with E-state index < -0.39 is 0 Å². The molecule has 0 atom stereocenters. The van der Waals surface area contributed by atoms with Crippen LogP contribution in [0.25, 0.3) is 23.1 Å². The Labute approximate surface area is 137 Å². The maximum Gasteiger partial charge on any atom is 0.152 e. The van der Waals surface area contributed by atoms with Gasteiger partial charge in [-0.1, -0.05) is 6.07 Å². The number of ether oxygens (including phenoxy) is 1. The van der Waals surface area contributed by atoms with E-state index in [2.05, 4.69) is 30.9 Å². The standard InChI is InChI=1S/C17H14BrN3O/c1-11-7-8-19-17(20-11)6-5-13-4-3-12-9-16(22-2)14(18)10-15(12)21-13/h3-10H,1-2H3/b6-5+. The van der Waals surface area contributed by atoms with Crippen LogP contribution in [0.3, 0.4) is 0 Å². The highest BCUT2D eigenvalue weighted by atomic mass is 79.9. The highest BCUT2D eigenvalue weighted by molar-refractivity contribution is 9.10. The molecule has 0 saturated carbocycles. The molecule has 22 heavy (non-hydrogen) atoms. The van der Waals surface area contributed by atoms with Gasteiger partial charge in [0.2, 0.25) is 0 Å². The first-order valence-electron chi connectivity index (χ1n) is 6.78. The Morgan fingerprint density at radius 3 is 2.73 bits per heavy atom. The minimum atomic E-state index is 0.679. The van der Waals surface area contributed by atoms with E-state index in [-0.39, 0.29) is 0 Å². The lowest BCUT2D eigenvalue weighted by atomic mass is 10.2. The number of hydrogen-bond donors (Lipinski definition) is 0. The number of nitrogens with zero attached hydrogens (tertiary/aromatic N) is 3. The molecule has 0 aliphatic carbocycles. The van der Waals surface area contributed by atoms with Gasteiger partial charge in [0.25, 0.3) is 0 Å². The maximum atomic E-state index is 5.29. The summed E-state index contributed by atoms with van der Waals surface area (Å²) < 4.78 is 6.18. The lowest BCUT2D eigenvalue weighted by Crippen LogP contribution is -1.90. The van der Waals surface area contributed by atoms with Crippen molar-refractivity contribution in [2.45, 2.75) is 6.92 Å². The summed E-state index contributed by atoms with van der Waals surface area (Å²) in [5, 5.41) is 1.03. The highest BCUT2D eigenvalue weighted by Crippen LogP contribution is 2.29. The van der Waals surface area contributed by atoms with Crippen LogP contribution in [0, 0.1) is 6.92 Å². The van der Waals surface area contributed by atoms with Gasteiger partial charge < -0.3 is 4.74 Å². The molecule has 3 rings (SSSR count). The van der Waals surface area contributed by atoms with Gasteiger partial charge in [0, 0.05) is 17.3 Å². The summed E-state index contributed by atoms with van der Waals surface area (Å²) in [7, 11) is 1.65. The molecule has 0 spiro atoms. The van der Waals surface area contributed by atoms with E-state index in [1.807, 2.05) is 49.4 Å². The second-order valence-corrected chi connectivity index (χ2v) is 5.66. The maximum absolute atomic E-state index is 5.29. The highest BCUT2D eigenvalue weighted by Gasteiger charge is 2.04. The van der Waals surface area contributed by atoms with Crippen molar-refractivity contribution in [2.75, 3.05) is 7.11 Å². The van der Waals surface area contributed by atoms with E-state index >= 15 is 0 Å². The number of rotatable bonds is 3. The van der Waals surface area contributed by atoms with Gasteiger partial charge in [-0.15, -0.1) is 0 Å². The zero-order chi connectivity index (χ0) is 15.5. The van der Waals surface area contributed by atoms with Crippen molar-refractivity contribution < 1.29 is 4.74 Å². The number of fused-ring (bicyclic) bond motifs is 1. The molecule has 4 nitrogen and oxygen atoms in total. The van der Waals surface area contributed by atoms with Crippen molar-refractivity contribution in [1.82, 2.24) is 15.0 Å². The quantitative estimate of drug-likeness (QED) is 0.703. The molecule has 0 aliphatic heterocycles. The summed E-state index contributed by atoms with van der Waals surface area (Å²) in [5.74, 6) is 1.48. The van der Waals surface area contributed by atoms with Gasteiger partial charge in [-0.3, -0.25) is 0 Å². The lowest BCUT2D eigenvalue weighted by Gasteiger charge is -2.05. The minimum absolute atomic E-state index is 0.679. The fourth-order valence-corrected chi connectivity index (χ4v) is 2.59. The Bertz CT molecular complexity index is 862. The number of hydrogen-bond acceptors (Lipinski definition) is 4. The van der Waals surface area contributed by atoms with Crippen molar-refractivity contribution in [3.63, 3.8) is 0 Å². The fourth-order valence-electron chi connectivity index (χ4n) is 2.10. The van der Waals surface area contributed by atoms with Crippen LogP contribution in [0.4, 0.5) is 0 Å². The fraction of sp³-hybridized carbons (Fsp3) is 0.118. The molecule has 0 fully saturated rings. The molecule has 1 aromatic carbocycles. The van der Waals surface area contributed by atoms with Gasteiger partial charge >= 0.3 is 0 Å². The second kappa shape index (κ2) is 6.23. The summed E-state index contributed by atoms with van der Waals surface area (Å²) in [6.07, 6.45) is 5.52. The zero-order valence-electron chi connectivity index (χ0n) is 12.2. The Balaban J connectivity index is 1.95. The summed E-state index contributed by atoms with van der Waals surface area (Å²) in [6, 6.07) is 9.77. The van der Waals surface area contributed by atoms with E-state index in [1.54, 1.807) is 13.3 Å². The predicted octanol–water partition coefficient (Wildman–Crippen LogP) is 4.27. The number of aromatic nitrogens is 3. The molecule has 0 amide bonds. The first-order chi connectivity index (χ1) is 10.7. The third-order valence-corrected chi connectivity index (χ3v) is 3.82. The van der Waals surface area contributed by atoms with Crippen molar-refractivity contribution in [1.29, 1.82) is 0 Å². The largest absolute Gasteiger partial charge is 0.496 e. The van der Waals surface area contributed by atoms with Crippen LogP contribution in [0.5, 0.6) is 5.75 Å². The van der Waals surface area contributed by atoms with Crippen LogP contribution in [-0.2, 0) is 0 Å². The van der Waals surface area contributed by atoms with Gasteiger partial charge in [0.15, 0.2) is 5.82 Å². The van der Waals surface area contributed by atoms with Crippen LogP contribution >= 0.6 is 15.9 Å². The number of aryl methyl sites for hydroxylation is 1. The molecule has 5 heteroatoms. The SMILES string of the molecule is COc1cc2ccc(/C=C/c3nccc(C)n3)nc2cc1Br. The first kappa shape index (κ1) is 14.7. The van der Waals surface area contributed by atoms with Crippen LogP contribution < -0.4 is 4.74 Å². The number of pyridine rings is 1. The lowest BCUT2D eigenvalue weighted by molar-refractivity contribution is 0.413. The van der Waals surface area contributed by atoms with Crippen LogP contribution in [0.15, 0.2) is 41.0 Å². The van der Waals surface area contributed by atoms with E-state index in [9.17, 15) is 0 Å². The van der Waals surface area contributed by atoms with Crippen molar-refractivity contribution in [3.8, 4) is 5.75 Å². The monoisotopic (exact) mass is 355 g/mol. The normalized spacial score (nSPS) is 11.2. The summed E-state index contributed by atoms with van der Waals surface area (Å²) >= 11 is 3.48. The predicted molar refractivity (Wildman–Crippen MR) is 91.7 cm³/mol. The Morgan fingerprint density at radius 2 is 1.95 bits per heavy atom. The molecular weight excluding hydrogens is 342 g/mol. The molecule has 110 valence electrons. The molecule has 2 heterocycles. The van der Waals surface area contributed by atoms with Crippen LogP contribution in [-0.4, -0.2) is 22.1 Å². The van der Waals surface area contributed by atoms with E-state index in [0.29, 0.717) is 5.82 Å². The van der Waals surface area contributed by atoms with Crippen molar-refractivity contribution in [2.24, 2.45) is 0 Å². The van der Waals surface area contributed by atoms with Gasteiger partial charge in [-0.25, -0.2) is 15.0 Å². The van der Waals surface area contributed by atoms with Crippen LogP contribution in [0.1, 0.15) is 17.2 Å². The summed E-state index contributed by atoms with van der Waals surface area (Å²) in [4.78, 5) is 13.2. The third kappa shape index (κ3) is 3.14. The summed E-state index contributed by atoms with van der Waals surface area (Å²) in [5.41, 5.74) is 2.70. The van der Waals surface area contributed by atoms with E-state index in [0.717, 1.165) is 32.5 Å². The van der Waals surface area contributed by atoms with Crippen molar-refractivity contribution in [3.05, 3.63) is 58.2 Å². The Kier molecular flexibility index (Phi) is 4.15. The average Bonchev–Trinajstić information content (AvgIpc) is 2.52. The smallest absolute Gasteiger partial charge is 0.152 e. The molecule has 0 bridgehead atoms. The first-order valence-corrected chi connectivity index (χ1v) is 7.57.